The summed E-state index contributed by atoms with van der Waals surface area (Å²) in [6.07, 6.45) is 4.65. The van der Waals surface area contributed by atoms with Crippen molar-refractivity contribution >= 4 is 37.4 Å². The smallest absolute Gasteiger partial charge is 0.345 e. The lowest BCUT2D eigenvalue weighted by Gasteiger charge is -2.42. The van der Waals surface area contributed by atoms with Crippen LogP contribution in [-0.4, -0.2) is 19.9 Å². The van der Waals surface area contributed by atoms with Crippen LogP contribution in [0.5, 0.6) is 0 Å². The number of fused-ring (bicyclic) bond motifs is 1. The zero-order chi connectivity index (χ0) is 20.0. The molecule has 0 unspecified atom stereocenters. The zero-order valence-corrected chi connectivity index (χ0v) is 19.2. The van der Waals surface area contributed by atoms with Gasteiger partial charge in [0.2, 0.25) is 0 Å². The molecule has 4 heteroatoms. The van der Waals surface area contributed by atoms with E-state index in [9.17, 15) is 9.90 Å². The molecule has 0 bridgehead atoms. The van der Waals surface area contributed by atoms with Gasteiger partial charge in [0.15, 0.2) is 0 Å². The molecule has 1 heterocycles. The minimum atomic E-state index is -1.09. The summed E-state index contributed by atoms with van der Waals surface area (Å²) in [6, 6.07) is 10.7. The highest BCUT2D eigenvalue weighted by atomic mass is 32.1. The Morgan fingerprint density at radius 2 is 1.67 bits per heavy atom. The largest absolute Gasteiger partial charge is 0.477 e. The molecule has 1 aliphatic carbocycles. The summed E-state index contributed by atoms with van der Waals surface area (Å²) in [5.41, 5.74) is 4.70. The molecule has 0 fully saturated rings. The van der Waals surface area contributed by atoms with Gasteiger partial charge in [-0.1, -0.05) is 64.2 Å². The predicted octanol–water partition coefficient (Wildman–Crippen LogP) is 6.36. The van der Waals surface area contributed by atoms with Crippen LogP contribution in [0.2, 0.25) is 13.1 Å². The highest BCUT2D eigenvalue weighted by Gasteiger charge is 2.37. The van der Waals surface area contributed by atoms with Crippen LogP contribution in [0.25, 0.3) is 11.3 Å². The number of benzene rings is 1. The molecule has 3 rings (SSSR count). The van der Waals surface area contributed by atoms with Crippen molar-refractivity contribution in [2.24, 2.45) is 0 Å². The van der Waals surface area contributed by atoms with Crippen molar-refractivity contribution < 1.29 is 9.90 Å². The molecule has 2 aromatic rings. The lowest BCUT2D eigenvalue weighted by atomic mass is 9.63. The highest BCUT2D eigenvalue weighted by Crippen LogP contribution is 2.46. The third-order valence-electron chi connectivity index (χ3n) is 5.94. The Morgan fingerprint density at radius 3 is 2.22 bits per heavy atom. The Hall–Kier alpha value is -1.65. The van der Waals surface area contributed by atoms with Crippen molar-refractivity contribution in [3.63, 3.8) is 0 Å². The van der Waals surface area contributed by atoms with Crippen molar-refractivity contribution in [1.82, 2.24) is 0 Å². The molecule has 0 saturated heterocycles. The van der Waals surface area contributed by atoms with Gasteiger partial charge in [-0.15, -0.1) is 11.3 Å². The molecule has 1 N–H and O–H groups in total. The summed E-state index contributed by atoms with van der Waals surface area (Å²) in [6.45, 7) is 14.1. The second kappa shape index (κ2) is 7.06. The first-order chi connectivity index (χ1) is 12.5. The predicted molar refractivity (Wildman–Crippen MR) is 120 cm³/mol. The van der Waals surface area contributed by atoms with Crippen LogP contribution in [0, 0.1) is 0 Å². The van der Waals surface area contributed by atoms with Crippen LogP contribution in [0.15, 0.2) is 30.3 Å². The normalized spacial score (nSPS) is 18.4. The summed E-state index contributed by atoms with van der Waals surface area (Å²) in [5, 5.41) is 10.6. The standard InChI is InChI=1S/C23H30O2SSi/c1-22(2)11-12-23(3,4)18-13-15(7-9-17(18)22)20(27(5)6)14-16-8-10-19(26-16)21(24)25/h7-10,13-14,27H,11-12H2,1-6H3,(H,24,25)/b20-14-. The number of hydrogen-bond donors (Lipinski definition) is 1. The molecule has 0 radical (unpaired) electrons. The van der Waals surface area contributed by atoms with Crippen molar-refractivity contribution in [2.75, 3.05) is 0 Å². The second-order valence-electron chi connectivity index (χ2n) is 9.29. The van der Waals surface area contributed by atoms with Gasteiger partial charge in [-0.25, -0.2) is 4.79 Å². The topological polar surface area (TPSA) is 37.3 Å². The van der Waals surface area contributed by atoms with Crippen molar-refractivity contribution in [1.29, 1.82) is 0 Å². The molecule has 1 aromatic carbocycles. The number of thiophene rings is 1. The Bertz CT molecular complexity index is 903. The molecule has 0 atom stereocenters. The van der Waals surface area contributed by atoms with Gasteiger partial charge in [-0.3, -0.25) is 0 Å². The molecular formula is C23H30O2SSi. The summed E-state index contributed by atoms with van der Waals surface area (Å²) in [5.74, 6) is -0.847. The molecule has 27 heavy (non-hydrogen) atoms. The van der Waals surface area contributed by atoms with Crippen LogP contribution >= 0.6 is 11.3 Å². The maximum Gasteiger partial charge on any atom is 0.345 e. The maximum atomic E-state index is 11.2. The molecule has 144 valence electrons. The minimum absolute atomic E-state index is 0.198. The van der Waals surface area contributed by atoms with Gasteiger partial charge in [0.25, 0.3) is 0 Å². The fourth-order valence-electron chi connectivity index (χ4n) is 4.05. The van der Waals surface area contributed by atoms with E-state index >= 15 is 0 Å². The van der Waals surface area contributed by atoms with Gasteiger partial charge in [0.1, 0.15) is 4.88 Å². The second-order valence-corrected chi connectivity index (χ2v) is 13.3. The van der Waals surface area contributed by atoms with Crippen LogP contribution in [0.4, 0.5) is 0 Å². The fraction of sp³-hybridized carbons (Fsp3) is 0.435. The van der Waals surface area contributed by atoms with Gasteiger partial charge in [0, 0.05) is 4.88 Å². The van der Waals surface area contributed by atoms with E-state index in [-0.39, 0.29) is 10.8 Å². The monoisotopic (exact) mass is 398 g/mol. The number of aromatic carboxylic acids is 1. The molecule has 0 spiro atoms. The average Bonchev–Trinajstić information content (AvgIpc) is 3.05. The fourth-order valence-corrected chi connectivity index (χ4v) is 6.33. The van der Waals surface area contributed by atoms with Gasteiger partial charge < -0.3 is 5.11 Å². The molecular weight excluding hydrogens is 368 g/mol. The number of carbonyl (C=O) groups is 1. The molecule has 1 aliphatic rings. The first-order valence-electron chi connectivity index (χ1n) is 9.71. The van der Waals surface area contributed by atoms with Gasteiger partial charge in [-0.2, -0.15) is 0 Å². The van der Waals surface area contributed by atoms with E-state index in [1.807, 2.05) is 6.07 Å². The lowest BCUT2D eigenvalue weighted by molar-refractivity contribution is 0.0702. The summed E-state index contributed by atoms with van der Waals surface area (Å²) < 4.78 is 0. The van der Waals surface area contributed by atoms with Gasteiger partial charge in [0.05, 0.1) is 8.80 Å². The first kappa shape index (κ1) is 20.1. The number of hydrogen-bond acceptors (Lipinski definition) is 2. The number of carboxylic acids is 1. The SMILES string of the molecule is C[SiH](C)/C(=C\c1ccc(C(=O)O)s1)c1ccc2c(c1)C(C)(C)CCC2(C)C. The van der Waals surface area contributed by atoms with Gasteiger partial charge >= 0.3 is 5.97 Å². The van der Waals surface area contributed by atoms with E-state index in [0.717, 1.165) is 4.88 Å². The molecule has 0 amide bonds. The van der Waals surface area contributed by atoms with Crippen molar-refractivity contribution in [2.45, 2.75) is 64.5 Å². The van der Waals surface area contributed by atoms with Crippen LogP contribution < -0.4 is 0 Å². The van der Waals surface area contributed by atoms with E-state index < -0.39 is 14.8 Å². The van der Waals surface area contributed by atoms with E-state index in [1.54, 1.807) is 6.07 Å². The quantitative estimate of drug-likeness (QED) is 0.608. The van der Waals surface area contributed by atoms with Crippen molar-refractivity contribution in [3.8, 4) is 0 Å². The van der Waals surface area contributed by atoms with Crippen LogP contribution in [0.1, 0.15) is 71.8 Å². The third kappa shape index (κ3) is 3.97. The molecule has 0 saturated carbocycles. The lowest BCUT2D eigenvalue weighted by Crippen LogP contribution is -2.34. The average molecular weight is 399 g/mol. The minimum Gasteiger partial charge on any atom is -0.477 e. The number of carboxylic acid groups (broad SMARTS) is 1. The van der Waals surface area contributed by atoms with Crippen LogP contribution in [0.3, 0.4) is 0 Å². The Kier molecular flexibility index (Phi) is 5.26. The molecule has 1 aromatic heterocycles. The molecule has 0 aliphatic heterocycles. The van der Waals surface area contributed by atoms with Crippen molar-refractivity contribution in [3.05, 3.63) is 56.8 Å². The Labute approximate surface area is 168 Å². The van der Waals surface area contributed by atoms with Gasteiger partial charge in [-0.05, 0) is 58.6 Å². The summed E-state index contributed by atoms with van der Waals surface area (Å²) in [7, 11) is -1.09. The van der Waals surface area contributed by atoms with E-state index in [1.165, 1.54) is 46.1 Å². The van der Waals surface area contributed by atoms with E-state index in [0.29, 0.717) is 4.88 Å². The third-order valence-corrected chi connectivity index (χ3v) is 8.71. The summed E-state index contributed by atoms with van der Waals surface area (Å²) >= 11 is 1.36. The number of rotatable bonds is 4. The van der Waals surface area contributed by atoms with E-state index in [2.05, 4.69) is 65.1 Å². The Morgan fingerprint density at radius 1 is 1.04 bits per heavy atom. The first-order valence-corrected chi connectivity index (χ1v) is 13.4. The zero-order valence-electron chi connectivity index (χ0n) is 17.2. The Balaban J connectivity index is 2.09. The van der Waals surface area contributed by atoms with E-state index in [4.69, 9.17) is 0 Å². The maximum absolute atomic E-state index is 11.2. The highest BCUT2D eigenvalue weighted by molar-refractivity contribution is 7.15. The van der Waals surface area contributed by atoms with Crippen LogP contribution in [-0.2, 0) is 10.8 Å². The summed E-state index contributed by atoms with van der Waals surface area (Å²) in [4.78, 5) is 12.6. The molecule has 2 nitrogen and oxygen atoms in total.